The summed E-state index contributed by atoms with van der Waals surface area (Å²) in [6.07, 6.45) is 3.67. The Balaban J connectivity index is 1.15. The van der Waals surface area contributed by atoms with E-state index in [0.29, 0.717) is 12.8 Å². The first-order valence-electron chi connectivity index (χ1n) is 27.9. The molecular weight excluding hydrogens is 986 g/mol. The van der Waals surface area contributed by atoms with Gasteiger partial charge < -0.3 is 36.0 Å². The zero-order valence-electron chi connectivity index (χ0n) is 47.6. The van der Waals surface area contributed by atoms with Crippen molar-refractivity contribution >= 4 is 41.2 Å². The number of fused-ring (bicyclic) bond motifs is 2. The summed E-state index contributed by atoms with van der Waals surface area (Å²) in [4.78, 5) is 105. The Morgan fingerprint density at radius 1 is 0.744 bits per heavy atom. The van der Waals surface area contributed by atoms with Crippen LogP contribution in [0.2, 0.25) is 0 Å². The molecule has 1 saturated heterocycles. The van der Waals surface area contributed by atoms with Crippen LogP contribution in [0, 0.1) is 28.5 Å². The fraction of sp³-hybridized carbons (Fsp3) is 0.508. The number of likely N-dealkylation sites (N-methyl/N-ethyl adjacent to an activating group) is 1. The molecule has 7 rings (SSSR count). The fourth-order valence-corrected chi connectivity index (χ4v) is 11.2. The van der Waals surface area contributed by atoms with Crippen LogP contribution in [0.1, 0.15) is 162 Å². The lowest BCUT2D eigenvalue weighted by atomic mass is 9.76. The molecule has 15 heteroatoms. The van der Waals surface area contributed by atoms with Gasteiger partial charge in [0.2, 0.25) is 23.6 Å². The van der Waals surface area contributed by atoms with E-state index >= 15 is 9.18 Å². The number of Topliss-reactive ketones (excluding diaryl/α,β-unsaturated/α-hetero) is 1. The van der Waals surface area contributed by atoms with Gasteiger partial charge in [0, 0.05) is 60.6 Å². The molecule has 0 radical (unpaired) electrons. The van der Waals surface area contributed by atoms with Gasteiger partial charge in [0.15, 0.2) is 0 Å². The highest BCUT2D eigenvalue weighted by atomic mass is 19.1. The van der Waals surface area contributed by atoms with Crippen molar-refractivity contribution in [3.63, 3.8) is 0 Å². The van der Waals surface area contributed by atoms with Crippen LogP contribution in [0.25, 0.3) is 0 Å². The third-order valence-corrected chi connectivity index (χ3v) is 16.6. The summed E-state index contributed by atoms with van der Waals surface area (Å²) in [7, 11) is 1.70. The van der Waals surface area contributed by atoms with E-state index in [9.17, 15) is 28.8 Å². The van der Waals surface area contributed by atoms with Crippen LogP contribution >= 0.6 is 0 Å². The van der Waals surface area contributed by atoms with E-state index in [4.69, 9.17) is 0 Å². The smallest absolute Gasteiger partial charge is 0.254 e. The molecule has 0 unspecified atom stereocenters. The Hall–Kier alpha value is -6.74. The minimum Gasteiger partial charge on any atom is -0.347 e. The average molecular weight is 1070 g/mol. The van der Waals surface area contributed by atoms with Crippen molar-refractivity contribution in [2.75, 3.05) is 20.1 Å². The number of hydrogen-bond donors (Lipinski definition) is 4. The number of rotatable bonds is 18. The van der Waals surface area contributed by atoms with Crippen molar-refractivity contribution in [1.29, 1.82) is 0 Å². The molecule has 4 N–H and O–H groups in total. The lowest BCUT2D eigenvalue weighted by Crippen LogP contribution is -2.60. The highest BCUT2D eigenvalue weighted by Gasteiger charge is 2.47. The molecule has 2 aliphatic heterocycles. The van der Waals surface area contributed by atoms with Crippen molar-refractivity contribution in [2.45, 2.75) is 163 Å². The second kappa shape index (κ2) is 24.9. The molecule has 4 aromatic rings. The molecule has 14 nitrogen and oxygen atoms in total. The third kappa shape index (κ3) is 13.6. The first kappa shape index (κ1) is 58.9. The summed E-state index contributed by atoms with van der Waals surface area (Å²) < 4.78 is 15.7. The number of amides is 6. The van der Waals surface area contributed by atoms with Gasteiger partial charge in [-0.2, -0.15) is 0 Å². The first-order chi connectivity index (χ1) is 36.9. The maximum Gasteiger partial charge on any atom is 0.254 e. The molecular formula is C63H82FN7O7. The molecule has 0 saturated carbocycles. The molecule has 0 bridgehead atoms. The van der Waals surface area contributed by atoms with Crippen LogP contribution in [-0.4, -0.2) is 106 Å². The molecule has 78 heavy (non-hydrogen) atoms. The summed E-state index contributed by atoms with van der Waals surface area (Å²) in [5.41, 5.74) is 3.65. The van der Waals surface area contributed by atoms with Crippen LogP contribution < -0.4 is 21.3 Å². The monoisotopic (exact) mass is 1070 g/mol. The lowest BCUT2D eigenvalue weighted by molar-refractivity contribution is -0.146. The SMILES string of the molecule is CC[C@@H](C)C(=O)N[C@H](C(=O)N1Cc2ccccc2C[C@H]1CN(C(=O)c1ccc(C(=O)N[C@H]2C[C@@H](C(=O)N[C@@H]3CCCc4ccccc43)N(C(=O)[C@@H](CC(=O)[C@H](C)NC)C(C)(C)C)C2)cc1)[C@H](C)c1ccccc1F)C(C)(C)C. The number of carbonyl (C=O) groups is 7. The number of carbonyl (C=O) groups excluding carboxylic acids is 7. The lowest BCUT2D eigenvalue weighted by Gasteiger charge is -2.44. The van der Waals surface area contributed by atoms with Gasteiger partial charge in [0.1, 0.15) is 23.7 Å². The summed E-state index contributed by atoms with van der Waals surface area (Å²) in [6, 6.07) is 23.9. The highest BCUT2D eigenvalue weighted by molar-refractivity contribution is 5.99. The maximum absolute atomic E-state index is 15.7. The van der Waals surface area contributed by atoms with Crippen LogP contribution in [0.5, 0.6) is 0 Å². The minimum atomic E-state index is -0.923. The highest BCUT2D eigenvalue weighted by Crippen LogP contribution is 2.36. The quantitative estimate of drug-likeness (QED) is 0.0765. The van der Waals surface area contributed by atoms with Crippen LogP contribution in [-0.2, 0) is 43.4 Å². The van der Waals surface area contributed by atoms with Crippen molar-refractivity contribution in [2.24, 2.45) is 22.7 Å². The van der Waals surface area contributed by atoms with Crippen LogP contribution in [0.15, 0.2) is 97.1 Å². The molecule has 1 aliphatic carbocycles. The van der Waals surface area contributed by atoms with Gasteiger partial charge in [-0.3, -0.25) is 33.6 Å². The van der Waals surface area contributed by atoms with Gasteiger partial charge in [0.25, 0.3) is 11.8 Å². The van der Waals surface area contributed by atoms with E-state index in [1.54, 1.807) is 78.1 Å². The predicted molar refractivity (Wildman–Crippen MR) is 300 cm³/mol. The second-order valence-corrected chi connectivity index (χ2v) is 24.1. The summed E-state index contributed by atoms with van der Waals surface area (Å²) in [5, 5.41) is 12.4. The molecule has 3 aliphatic rings. The number of aryl methyl sites for hydroxylation is 1. The summed E-state index contributed by atoms with van der Waals surface area (Å²) in [5.74, 6) is -3.73. The standard InChI is InChI=1S/C63H82FN7O7/c1-12-38(2)56(73)68-55(63(8,9)10)61(78)70-35-45-22-14-13-21-44(45)32-47(70)37-69(40(4)48-24-17-18-26-51(48)64)59(76)43-30-28-42(29-31-43)57(74)66-46-33-53(58(75)67-52-27-19-23-41-20-15-16-25-49(41)52)71(36-46)60(77)50(62(5,6)7)34-54(72)39(3)65-11/h13-18,20-22,24-26,28-31,38-40,46-47,50,52-53,55,65H,12,19,23,27,32-37H2,1-11H3,(H,66,74)(H,67,75)(H,68,73)/t38-,39+,40-,46+,47+,50-,52-,53+,55-/m1/s1. The number of likely N-dealkylation sites (tertiary alicyclic amines) is 1. The minimum absolute atomic E-state index is 0.0183. The molecule has 9 atom stereocenters. The fourth-order valence-electron chi connectivity index (χ4n) is 11.2. The number of nitrogens with one attached hydrogen (secondary N) is 4. The van der Waals surface area contributed by atoms with Gasteiger partial charge >= 0.3 is 0 Å². The van der Waals surface area contributed by atoms with Gasteiger partial charge in [0.05, 0.1) is 24.2 Å². The second-order valence-electron chi connectivity index (χ2n) is 24.1. The molecule has 6 amide bonds. The zero-order valence-corrected chi connectivity index (χ0v) is 47.6. The Bertz CT molecular complexity index is 2840. The van der Waals surface area contributed by atoms with Gasteiger partial charge in [-0.05, 0) is 123 Å². The number of halogens is 1. The molecule has 1 fully saturated rings. The summed E-state index contributed by atoms with van der Waals surface area (Å²) >= 11 is 0. The maximum atomic E-state index is 15.7. The Labute approximate surface area is 461 Å². The van der Waals surface area contributed by atoms with E-state index in [2.05, 4.69) is 27.3 Å². The normalized spacial score (nSPS) is 20.2. The largest absolute Gasteiger partial charge is 0.347 e. The number of hydrogen-bond acceptors (Lipinski definition) is 8. The zero-order chi connectivity index (χ0) is 56.8. The van der Waals surface area contributed by atoms with E-state index in [1.165, 1.54) is 11.6 Å². The molecule has 4 aromatic carbocycles. The molecule has 418 valence electrons. The van der Waals surface area contributed by atoms with E-state index in [0.717, 1.165) is 36.0 Å². The molecule has 0 spiro atoms. The van der Waals surface area contributed by atoms with Gasteiger partial charge in [-0.1, -0.05) is 122 Å². The first-order valence-corrected chi connectivity index (χ1v) is 27.9. The Kier molecular flexibility index (Phi) is 18.8. The van der Waals surface area contributed by atoms with Crippen molar-refractivity contribution in [1.82, 2.24) is 36.0 Å². The van der Waals surface area contributed by atoms with E-state index < -0.39 is 70.6 Å². The van der Waals surface area contributed by atoms with Gasteiger partial charge in [-0.15, -0.1) is 0 Å². The van der Waals surface area contributed by atoms with Crippen molar-refractivity contribution in [3.8, 4) is 0 Å². The Morgan fingerprint density at radius 3 is 2.01 bits per heavy atom. The molecule has 0 aromatic heterocycles. The topological polar surface area (TPSA) is 177 Å². The van der Waals surface area contributed by atoms with Crippen LogP contribution in [0.3, 0.4) is 0 Å². The number of ketones is 1. The molecule has 2 heterocycles. The van der Waals surface area contributed by atoms with Gasteiger partial charge in [-0.25, -0.2) is 4.39 Å². The Morgan fingerprint density at radius 2 is 1.37 bits per heavy atom. The summed E-state index contributed by atoms with van der Waals surface area (Å²) in [6.45, 7) is 19.0. The van der Waals surface area contributed by atoms with Crippen molar-refractivity contribution < 1.29 is 38.0 Å². The van der Waals surface area contributed by atoms with E-state index in [-0.39, 0.29) is 90.5 Å². The van der Waals surface area contributed by atoms with Crippen molar-refractivity contribution in [3.05, 3.63) is 142 Å². The van der Waals surface area contributed by atoms with E-state index in [1.807, 2.05) is 97.9 Å². The average Bonchev–Trinajstić information content (AvgIpc) is 3.94. The number of benzene rings is 4. The number of nitrogens with zero attached hydrogens (tertiary/aromatic N) is 3. The third-order valence-electron chi connectivity index (χ3n) is 16.6. The predicted octanol–water partition coefficient (Wildman–Crippen LogP) is 8.68. The van der Waals surface area contributed by atoms with Crippen LogP contribution in [0.4, 0.5) is 4.39 Å².